The molecule has 1 heterocycles. The number of rotatable bonds is 5. The van der Waals surface area contributed by atoms with Gasteiger partial charge in [0.15, 0.2) is 0 Å². The molecule has 1 saturated heterocycles. The lowest BCUT2D eigenvalue weighted by Crippen LogP contribution is -2.45. The number of sulfonamides is 1. The van der Waals surface area contributed by atoms with Gasteiger partial charge in [-0.3, -0.25) is 9.63 Å². The highest BCUT2D eigenvalue weighted by atomic mass is 32.2. The van der Waals surface area contributed by atoms with Crippen LogP contribution >= 0.6 is 11.8 Å². The summed E-state index contributed by atoms with van der Waals surface area (Å²) in [7, 11) is -1.19. The molecule has 0 aliphatic carbocycles. The molecule has 0 spiro atoms. The number of thioether (sulfide) groups is 1. The molecular formula is C15H19F3N2O4S2. The second kappa shape index (κ2) is 8.15. The Balaban J connectivity index is 1.94. The summed E-state index contributed by atoms with van der Waals surface area (Å²) >= 11 is 1.46. The number of alkyl halides is 3. The van der Waals surface area contributed by atoms with Crippen molar-refractivity contribution in [2.24, 2.45) is 0 Å². The van der Waals surface area contributed by atoms with Gasteiger partial charge in [0.25, 0.3) is 10.0 Å². The van der Waals surface area contributed by atoms with Gasteiger partial charge in [-0.05, 0) is 37.1 Å². The summed E-state index contributed by atoms with van der Waals surface area (Å²) in [6.07, 6.45) is -3.95. The summed E-state index contributed by atoms with van der Waals surface area (Å²) in [5.74, 6) is -1.79. The first-order valence-corrected chi connectivity index (χ1v) is 10.0. The van der Waals surface area contributed by atoms with Crippen molar-refractivity contribution in [3.05, 3.63) is 24.3 Å². The standard InChI is InChI=1S/C15H19F3N2O4S2/c1-19(24-2)26(22,23)13-5-3-11(4-6-13)25-12-7-9-20(10-8-12)14(21)15(16,17)18/h3-6,12H,7-10H2,1-2H3. The van der Waals surface area contributed by atoms with E-state index in [0.29, 0.717) is 12.8 Å². The summed E-state index contributed by atoms with van der Waals surface area (Å²) < 4.78 is 62.3. The molecule has 1 aliphatic rings. The summed E-state index contributed by atoms with van der Waals surface area (Å²) in [5.41, 5.74) is 0. The molecule has 0 atom stereocenters. The van der Waals surface area contributed by atoms with E-state index in [1.807, 2.05) is 0 Å². The zero-order valence-electron chi connectivity index (χ0n) is 14.2. The van der Waals surface area contributed by atoms with Crippen LogP contribution in [0.15, 0.2) is 34.1 Å². The Morgan fingerprint density at radius 2 is 1.77 bits per heavy atom. The number of carbonyl (C=O) groups is 1. The molecule has 11 heteroatoms. The molecule has 1 aromatic rings. The normalized spacial score (nSPS) is 16.9. The van der Waals surface area contributed by atoms with Crippen LogP contribution in [0.25, 0.3) is 0 Å². The molecule has 1 aromatic carbocycles. The lowest BCUT2D eigenvalue weighted by Gasteiger charge is -2.32. The number of hydrogen-bond donors (Lipinski definition) is 0. The van der Waals surface area contributed by atoms with Gasteiger partial charge in [-0.25, -0.2) is 8.42 Å². The van der Waals surface area contributed by atoms with E-state index in [1.54, 1.807) is 12.1 Å². The van der Waals surface area contributed by atoms with Crippen molar-refractivity contribution in [3.63, 3.8) is 0 Å². The number of likely N-dealkylation sites (tertiary alicyclic amines) is 1. The number of hydrogen-bond acceptors (Lipinski definition) is 5. The second-order valence-electron chi connectivity index (χ2n) is 5.68. The van der Waals surface area contributed by atoms with Crippen LogP contribution in [0.5, 0.6) is 0 Å². The Labute approximate surface area is 154 Å². The summed E-state index contributed by atoms with van der Waals surface area (Å²) in [6, 6.07) is 6.20. The highest BCUT2D eigenvalue weighted by Crippen LogP contribution is 2.32. The van der Waals surface area contributed by atoms with Crippen molar-refractivity contribution >= 4 is 27.7 Å². The molecule has 1 fully saturated rings. The molecule has 0 N–H and O–H groups in total. The monoisotopic (exact) mass is 412 g/mol. The molecule has 6 nitrogen and oxygen atoms in total. The Kier molecular flexibility index (Phi) is 6.59. The van der Waals surface area contributed by atoms with E-state index < -0.39 is 22.1 Å². The molecule has 146 valence electrons. The number of piperidine rings is 1. The first-order valence-electron chi connectivity index (χ1n) is 7.71. The first kappa shape index (κ1) is 21.0. The third-order valence-corrected chi connectivity index (χ3v) is 7.03. The summed E-state index contributed by atoms with van der Waals surface area (Å²) in [5, 5.41) is 0.0661. The van der Waals surface area contributed by atoms with Crippen LogP contribution in [0.4, 0.5) is 13.2 Å². The maximum Gasteiger partial charge on any atom is 0.471 e. The summed E-state index contributed by atoms with van der Waals surface area (Å²) in [6.45, 7) is 0.113. The van der Waals surface area contributed by atoms with Gasteiger partial charge in [0.1, 0.15) is 0 Å². The maximum absolute atomic E-state index is 12.4. The minimum Gasteiger partial charge on any atom is -0.335 e. The molecule has 1 aliphatic heterocycles. The number of carbonyl (C=O) groups excluding carboxylic acids is 1. The van der Waals surface area contributed by atoms with Gasteiger partial charge in [-0.15, -0.1) is 11.8 Å². The van der Waals surface area contributed by atoms with Gasteiger partial charge in [-0.2, -0.15) is 13.2 Å². The Hall–Kier alpha value is -1.30. The molecule has 0 saturated carbocycles. The van der Waals surface area contributed by atoms with Gasteiger partial charge >= 0.3 is 12.1 Å². The fraction of sp³-hybridized carbons (Fsp3) is 0.533. The lowest BCUT2D eigenvalue weighted by atomic mass is 10.1. The zero-order valence-corrected chi connectivity index (χ0v) is 15.8. The average Bonchev–Trinajstić information content (AvgIpc) is 2.60. The third-order valence-electron chi connectivity index (χ3n) is 3.99. The molecule has 1 amide bonds. The van der Waals surface area contributed by atoms with Crippen LogP contribution in [0.2, 0.25) is 0 Å². The Morgan fingerprint density at radius 3 is 2.23 bits per heavy atom. The van der Waals surface area contributed by atoms with Crippen molar-refractivity contribution in [1.82, 2.24) is 9.37 Å². The maximum atomic E-state index is 12.4. The van der Waals surface area contributed by atoms with Crippen molar-refractivity contribution in [1.29, 1.82) is 0 Å². The molecule has 0 bridgehead atoms. The first-order chi connectivity index (χ1) is 12.1. The van der Waals surface area contributed by atoms with Crippen LogP contribution in [0, 0.1) is 0 Å². The Bertz CT molecular complexity index is 730. The van der Waals surface area contributed by atoms with E-state index in [0.717, 1.165) is 14.3 Å². The van der Waals surface area contributed by atoms with Gasteiger partial charge < -0.3 is 4.90 Å². The topological polar surface area (TPSA) is 66.9 Å². The van der Waals surface area contributed by atoms with Crippen molar-refractivity contribution < 1.29 is 31.2 Å². The van der Waals surface area contributed by atoms with Crippen LogP contribution < -0.4 is 0 Å². The SMILES string of the molecule is CON(C)S(=O)(=O)c1ccc(SC2CCN(C(=O)C(F)(F)F)CC2)cc1. The fourth-order valence-electron chi connectivity index (χ4n) is 2.49. The average molecular weight is 412 g/mol. The minimum atomic E-state index is -4.84. The number of nitrogens with zero attached hydrogens (tertiary/aromatic N) is 2. The lowest BCUT2D eigenvalue weighted by molar-refractivity contribution is -0.186. The van der Waals surface area contributed by atoms with Crippen molar-refractivity contribution in [2.75, 3.05) is 27.2 Å². The van der Waals surface area contributed by atoms with Crippen molar-refractivity contribution in [3.8, 4) is 0 Å². The highest BCUT2D eigenvalue weighted by molar-refractivity contribution is 8.00. The largest absolute Gasteiger partial charge is 0.471 e. The van der Waals surface area contributed by atoms with E-state index in [1.165, 1.54) is 38.1 Å². The summed E-state index contributed by atoms with van der Waals surface area (Å²) in [4.78, 5) is 17.6. The van der Waals surface area contributed by atoms with Crippen molar-refractivity contribution in [2.45, 2.75) is 34.1 Å². The molecule has 0 radical (unpaired) electrons. The van der Waals surface area contributed by atoms with Crippen LogP contribution in [-0.4, -0.2) is 62.4 Å². The zero-order chi connectivity index (χ0) is 19.5. The van der Waals surface area contributed by atoms with E-state index in [9.17, 15) is 26.4 Å². The highest BCUT2D eigenvalue weighted by Gasteiger charge is 2.43. The Morgan fingerprint density at radius 1 is 1.23 bits per heavy atom. The number of benzene rings is 1. The van der Waals surface area contributed by atoms with Gasteiger partial charge in [-0.1, -0.05) is 4.47 Å². The quantitative estimate of drug-likeness (QED) is 0.696. The predicted molar refractivity (Wildman–Crippen MR) is 89.9 cm³/mol. The fourth-order valence-corrected chi connectivity index (χ4v) is 4.58. The van der Waals surface area contributed by atoms with Gasteiger partial charge in [0, 0.05) is 30.3 Å². The molecule has 0 unspecified atom stereocenters. The molecular weight excluding hydrogens is 393 g/mol. The predicted octanol–water partition coefficient (Wildman–Crippen LogP) is 2.51. The van der Waals surface area contributed by atoms with E-state index in [4.69, 9.17) is 4.84 Å². The van der Waals surface area contributed by atoms with E-state index in [-0.39, 0.29) is 23.2 Å². The molecule has 0 aromatic heterocycles. The number of halogens is 3. The molecule has 2 rings (SSSR count). The molecule has 26 heavy (non-hydrogen) atoms. The van der Waals surface area contributed by atoms with E-state index in [2.05, 4.69) is 0 Å². The van der Waals surface area contributed by atoms with Crippen LogP contribution in [0.1, 0.15) is 12.8 Å². The number of amides is 1. The second-order valence-corrected chi connectivity index (χ2v) is 8.99. The third kappa shape index (κ3) is 4.90. The van der Waals surface area contributed by atoms with E-state index >= 15 is 0 Å². The van der Waals surface area contributed by atoms with Gasteiger partial charge in [0.2, 0.25) is 0 Å². The van der Waals surface area contributed by atoms with Crippen LogP contribution in [0.3, 0.4) is 0 Å². The van der Waals surface area contributed by atoms with Gasteiger partial charge in [0.05, 0.1) is 12.0 Å². The van der Waals surface area contributed by atoms with Crippen LogP contribution in [-0.2, 0) is 19.7 Å². The number of hydroxylamine groups is 1. The minimum absolute atomic E-state index is 0.0567. The smallest absolute Gasteiger partial charge is 0.335 e.